The van der Waals surface area contributed by atoms with E-state index in [1.807, 2.05) is 4.98 Å². The number of aromatic nitrogens is 1. The zero-order chi connectivity index (χ0) is 10.7. The second-order valence-electron chi connectivity index (χ2n) is 2.39. The topological polar surface area (TPSA) is 73.7 Å². The van der Waals surface area contributed by atoms with E-state index in [1.54, 1.807) is 0 Å². The molecule has 0 aliphatic rings. The van der Waals surface area contributed by atoms with E-state index in [9.17, 15) is 18.4 Å². The Morgan fingerprint density at radius 3 is 2.64 bits per heavy atom. The van der Waals surface area contributed by atoms with Crippen LogP contribution in [0, 0.1) is 11.3 Å². The number of carbonyl (C=O) groups is 1. The molecule has 0 unspecified atom stereocenters. The third-order valence-electron chi connectivity index (χ3n) is 1.62. The normalized spacial score (nSPS) is 9.86. The number of rotatable bonds is 2. The smallest absolute Gasteiger partial charge is 0.270 e. The van der Waals surface area contributed by atoms with Crippen molar-refractivity contribution in [1.29, 1.82) is 5.26 Å². The molecule has 0 saturated heterocycles. The minimum absolute atomic E-state index is 0.236. The highest BCUT2D eigenvalue weighted by atomic mass is 19.3. The van der Waals surface area contributed by atoms with Crippen LogP contribution < -0.4 is 5.56 Å². The Morgan fingerprint density at radius 1 is 1.57 bits per heavy atom. The highest BCUT2D eigenvalue weighted by Crippen LogP contribution is 2.19. The summed E-state index contributed by atoms with van der Waals surface area (Å²) in [5.41, 5.74) is -2.83. The van der Waals surface area contributed by atoms with Gasteiger partial charge in [0.25, 0.3) is 12.0 Å². The Hall–Kier alpha value is -2.03. The largest absolute Gasteiger partial charge is 0.328 e. The predicted molar refractivity (Wildman–Crippen MR) is 42.1 cm³/mol. The molecule has 0 aliphatic carbocycles. The van der Waals surface area contributed by atoms with Crippen LogP contribution in [-0.4, -0.2) is 11.3 Å². The fourth-order valence-electron chi connectivity index (χ4n) is 0.988. The number of nitrogens with zero attached hydrogens (tertiary/aromatic N) is 1. The first-order valence-corrected chi connectivity index (χ1v) is 3.50. The number of pyridine rings is 1. The zero-order valence-electron chi connectivity index (χ0n) is 6.75. The molecule has 6 heteroatoms. The summed E-state index contributed by atoms with van der Waals surface area (Å²) in [5, 5.41) is 8.51. The van der Waals surface area contributed by atoms with Crippen LogP contribution in [-0.2, 0) is 0 Å². The Kier molecular flexibility index (Phi) is 2.72. The van der Waals surface area contributed by atoms with Crippen molar-refractivity contribution in [2.45, 2.75) is 6.43 Å². The molecule has 72 valence electrons. The molecule has 0 radical (unpaired) electrons. The average Bonchev–Trinajstić information content (AvgIpc) is 2.16. The third kappa shape index (κ3) is 1.52. The zero-order valence-corrected chi connectivity index (χ0v) is 6.75. The van der Waals surface area contributed by atoms with Gasteiger partial charge in [0, 0.05) is 11.8 Å². The molecule has 0 fully saturated rings. The van der Waals surface area contributed by atoms with Crippen molar-refractivity contribution in [2.75, 3.05) is 0 Å². The first kappa shape index (κ1) is 10.1. The van der Waals surface area contributed by atoms with Crippen molar-refractivity contribution in [1.82, 2.24) is 4.98 Å². The fraction of sp³-hybridized carbons (Fsp3) is 0.125. The van der Waals surface area contributed by atoms with Crippen molar-refractivity contribution in [3.63, 3.8) is 0 Å². The summed E-state index contributed by atoms with van der Waals surface area (Å²) in [4.78, 5) is 23.2. The molecule has 0 bridgehead atoms. The number of nitrogens with one attached hydrogen (secondary N) is 1. The maximum absolute atomic E-state index is 12.3. The molecule has 4 nitrogen and oxygen atoms in total. The summed E-state index contributed by atoms with van der Waals surface area (Å²) in [5.74, 6) is 0. The third-order valence-corrected chi connectivity index (χ3v) is 1.62. The highest BCUT2D eigenvalue weighted by Gasteiger charge is 2.20. The number of carbonyl (C=O) groups excluding carboxylic acids is 1. The molecule has 14 heavy (non-hydrogen) atoms. The van der Waals surface area contributed by atoms with E-state index in [0.717, 1.165) is 6.20 Å². The lowest BCUT2D eigenvalue weighted by molar-refractivity contribution is 0.112. The van der Waals surface area contributed by atoms with Gasteiger partial charge in [0.15, 0.2) is 6.29 Å². The van der Waals surface area contributed by atoms with E-state index in [1.165, 1.54) is 6.07 Å². The van der Waals surface area contributed by atoms with Crippen LogP contribution in [0.4, 0.5) is 8.78 Å². The van der Waals surface area contributed by atoms with Gasteiger partial charge in [-0.05, 0) is 0 Å². The molecular formula is C8H4F2N2O2. The van der Waals surface area contributed by atoms with Crippen LogP contribution in [0.5, 0.6) is 0 Å². The number of halogens is 2. The van der Waals surface area contributed by atoms with Gasteiger partial charge in [-0.1, -0.05) is 0 Å². The first-order valence-electron chi connectivity index (χ1n) is 3.50. The second-order valence-corrected chi connectivity index (χ2v) is 2.39. The minimum atomic E-state index is -3.08. The van der Waals surface area contributed by atoms with E-state index in [-0.39, 0.29) is 11.8 Å². The first-order chi connectivity index (χ1) is 6.61. The Bertz CT molecular complexity index is 459. The standard InChI is InChI=1S/C8H4F2N2O2/c9-7(10)6-5(1-11)4(3-13)2-12-8(6)14/h2-3,7H,(H,12,14). The summed E-state index contributed by atoms with van der Waals surface area (Å²) in [7, 11) is 0. The lowest BCUT2D eigenvalue weighted by atomic mass is 10.1. The molecule has 0 aromatic carbocycles. The number of aldehydes is 1. The summed E-state index contributed by atoms with van der Waals surface area (Å²) < 4.78 is 24.6. The van der Waals surface area contributed by atoms with Gasteiger partial charge in [-0.25, -0.2) is 8.78 Å². The molecule has 1 aromatic heterocycles. The molecule has 1 aromatic rings. The Morgan fingerprint density at radius 2 is 2.21 bits per heavy atom. The quantitative estimate of drug-likeness (QED) is 0.720. The lowest BCUT2D eigenvalue weighted by Crippen LogP contribution is -2.16. The number of hydrogen-bond acceptors (Lipinski definition) is 3. The maximum atomic E-state index is 12.3. The number of H-pyrrole nitrogens is 1. The van der Waals surface area contributed by atoms with Crippen molar-refractivity contribution in [3.05, 3.63) is 33.2 Å². The van der Waals surface area contributed by atoms with E-state index in [2.05, 4.69) is 0 Å². The van der Waals surface area contributed by atoms with E-state index in [0.29, 0.717) is 0 Å². The predicted octanol–water partition coefficient (Wildman–Crippen LogP) is 0.997. The van der Waals surface area contributed by atoms with Gasteiger partial charge in [-0.15, -0.1) is 0 Å². The Balaban J connectivity index is 3.61. The van der Waals surface area contributed by atoms with Crippen molar-refractivity contribution in [2.24, 2.45) is 0 Å². The number of hydrogen-bond donors (Lipinski definition) is 1. The molecule has 0 saturated carbocycles. The SMILES string of the molecule is N#Cc1c(C=O)c[nH]c(=O)c1C(F)F. The van der Waals surface area contributed by atoms with E-state index >= 15 is 0 Å². The molecule has 1 N–H and O–H groups in total. The van der Waals surface area contributed by atoms with Gasteiger partial charge in [0.1, 0.15) is 11.6 Å². The van der Waals surface area contributed by atoms with Crippen LogP contribution in [0.2, 0.25) is 0 Å². The maximum Gasteiger partial charge on any atom is 0.270 e. The summed E-state index contributed by atoms with van der Waals surface area (Å²) in [6.07, 6.45) is -1.91. The van der Waals surface area contributed by atoms with Gasteiger partial charge in [0.05, 0.1) is 5.56 Å². The lowest BCUT2D eigenvalue weighted by Gasteiger charge is -2.02. The van der Waals surface area contributed by atoms with Crippen LogP contribution in [0.3, 0.4) is 0 Å². The van der Waals surface area contributed by atoms with Crippen molar-refractivity contribution in [3.8, 4) is 6.07 Å². The number of aromatic amines is 1. The number of alkyl halides is 2. The summed E-state index contributed by atoms with van der Waals surface area (Å²) in [6.45, 7) is 0. The van der Waals surface area contributed by atoms with Crippen LogP contribution >= 0.6 is 0 Å². The van der Waals surface area contributed by atoms with Crippen LogP contribution in [0.25, 0.3) is 0 Å². The summed E-state index contributed by atoms with van der Waals surface area (Å²) >= 11 is 0. The Labute approximate surface area is 76.8 Å². The molecule has 1 heterocycles. The molecule has 0 aliphatic heterocycles. The van der Waals surface area contributed by atoms with Gasteiger partial charge in [-0.2, -0.15) is 5.26 Å². The minimum Gasteiger partial charge on any atom is -0.328 e. The van der Waals surface area contributed by atoms with Gasteiger partial charge < -0.3 is 4.98 Å². The van der Waals surface area contributed by atoms with Crippen LogP contribution in [0.15, 0.2) is 11.0 Å². The van der Waals surface area contributed by atoms with E-state index < -0.39 is 23.1 Å². The van der Waals surface area contributed by atoms with Crippen LogP contribution in [0.1, 0.15) is 27.9 Å². The fourth-order valence-corrected chi connectivity index (χ4v) is 0.988. The molecule has 0 spiro atoms. The van der Waals surface area contributed by atoms with E-state index in [4.69, 9.17) is 5.26 Å². The molecule has 0 atom stereocenters. The van der Waals surface area contributed by atoms with Gasteiger partial charge in [-0.3, -0.25) is 9.59 Å². The number of nitriles is 1. The molecule has 1 rings (SSSR count). The monoisotopic (exact) mass is 198 g/mol. The van der Waals surface area contributed by atoms with Gasteiger partial charge in [0.2, 0.25) is 0 Å². The van der Waals surface area contributed by atoms with Gasteiger partial charge >= 0.3 is 0 Å². The summed E-state index contributed by atoms with van der Waals surface area (Å²) in [6, 6.07) is 1.41. The average molecular weight is 198 g/mol. The van der Waals surface area contributed by atoms with Crippen molar-refractivity contribution < 1.29 is 13.6 Å². The second kappa shape index (κ2) is 3.79. The highest BCUT2D eigenvalue weighted by molar-refractivity contribution is 5.79. The van der Waals surface area contributed by atoms with Crippen molar-refractivity contribution >= 4 is 6.29 Å². The molecule has 0 amide bonds. The molecular weight excluding hydrogens is 194 g/mol.